The minimum Gasteiger partial charge on any atom is -0.550 e. The first-order chi connectivity index (χ1) is 6.16. The summed E-state index contributed by atoms with van der Waals surface area (Å²) in [5.74, 6) is -0.993. The number of aliphatic carboxylic acids is 1. The van der Waals surface area contributed by atoms with Gasteiger partial charge in [-0.25, -0.2) is 0 Å². The van der Waals surface area contributed by atoms with E-state index < -0.39 is 5.97 Å². The molecule has 0 aromatic carbocycles. The van der Waals surface area contributed by atoms with E-state index >= 15 is 0 Å². The molecular formula is C10H15NaO3. The number of rotatable bonds is 8. The van der Waals surface area contributed by atoms with Crippen molar-refractivity contribution in [2.45, 2.75) is 25.7 Å². The van der Waals surface area contributed by atoms with E-state index in [9.17, 15) is 9.90 Å². The average Bonchev–Trinajstić information content (AvgIpc) is 2.08. The molecule has 0 heterocycles. The maximum atomic E-state index is 10.0. The Labute approximate surface area is 107 Å². The van der Waals surface area contributed by atoms with E-state index in [1.165, 1.54) is 6.26 Å². The van der Waals surface area contributed by atoms with Crippen molar-refractivity contribution in [2.24, 2.45) is 0 Å². The molecule has 0 amide bonds. The summed E-state index contributed by atoms with van der Waals surface area (Å²) in [6.07, 6.45) is 3.73. The molecule has 14 heavy (non-hydrogen) atoms. The van der Waals surface area contributed by atoms with Crippen LogP contribution in [0.25, 0.3) is 0 Å². The van der Waals surface area contributed by atoms with Gasteiger partial charge in [0.25, 0.3) is 0 Å². The van der Waals surface area contributed by atoms with Crippen LogP contribution in [0.2, 0.25) is 0 Å². The van der Waals surface area contributed by atoms with Crippen LogP contribution in [0, 0.1) is 0 Å². The van der Waals surface area contributed by atoms with Gasteiger partial charge in [-0.05, 0) is 31.3 Å². The maximum Gasteiger partial charge on any atom is 1.00 e. The Morgan fingerprint density at radius 3 is 2.43 bits per heavy atom. The maximum absolute atomic E-state index is 10.0. The Kier molecular flexibility index (Phi) is 12.5. The number of ether oxygens (including phenoxy) is 1. The van der Waals surface area contributed by atoms with Gasteiger partial charge in [-0.3, -0.25) is 0 Å². The van der Waals surface area contributed by atoms with Crippen LogP contribution in [0.15, 0.2) is 25.0 Å². The van der Waals surface area contributed by atoms with Gasteiger partial charge in [-0.2, -0.15) is 0 Å². The summed E-state index contributed by atoms with van der Waals surface area (Å²) in [7, 11) is 0. The van der Waals surface area contributed by atoms with Crippen molar-refractivity contribution >= 4 is 5.97 Å². The SMILES string of the molecule is C=COCC(=C)CCCCC(=O)[O-].[Na+]. The van der Waals surface area contributed by atoms with Gasteiger partial charge in [0.2, 0.25) is 0 Å². The molecule has 4 heteroatoms. The van der Waals surface area contributed by atoms with Gasteiger partial charge in [0.15, 0.2) is 0 Å². The molecule has 0 aliphatic heterocycles. The van der Waals surface area contributed by atoms with Gasteiger partial charge in [-0.1, -0.05) is 13.2 Å². The van der Waals surface area contributed by atoms with Crippen LogP contribution in [-0.2, 0) is 9.53 Å². The molecule has 0 aliphatic carbocycles. The van der Waals surface area contributed by atoms with Gasteiger partial charge in [0.1, 0.15) is 6.61 Å². The summed E-state index contributed by atoms with van der Waals surface area (Å²) < 4.78 is 4.91. The van der Waals surface area contributed by atoms with E-state index in [1.807, 2.05) is 0 Å². The summed E-state index contributed by atoms with van der Waals surface area (Å²) >= 11 is 0. The predicted molar refractivity (Wildman–Crippen MR) is 48.8 cm³/mol. The molecule has 0 atom stereocenters. The topological polar surface area (TPSA) is 49.4 Å². The van der Waals surface area contributed by atoms with Crippen molar-refractivity contribution in [3.05, 3.63) is 25.0 Å². The van der Waals surface area contributed by atoms with Crippen LogP contribution in [0.3, 0.4) is 0 Å². The summed E-state index contributed by atoms with van der Waals surface area (Å²) in [4.78, 5) is 10.0. The molecule has 0 rings (SSSR count). The van der Waals surface area contributed by atoms with Gasteiger partial charge >= 0.3 is 29.6 Å². The Balaban J connectivity index is 0. The molecule has 0 aromatic heterocycles. The Hall–Kier alpha value is -0.250. The summed E-state index contributed by atoms with van der Waals surface area (Å²) in [6, 6.07) is 0. The summed E-state index contributed by atoms with van der Waals surface area (Å²) in [5, 5.41) is 10.0. The normalized spacial score (nSPS) is 8.57. The first-order valence-electron chi connectivity index (χ1n) is 4.26. The first kappa shape index (κ1) is 16.2. The standard InChI is InChI=1S/C10H16O3.Na/c1-3-13-8-9(2)6-4-5-7-10(11)12;/h3H,1-2,4-8H2,(H,11,12);/q;+1/p-1. The smallest absolute Gasteiger partial charge is 0.550 e. The predicted octanol–water partition coefficient (Wildman–Crippen LogP) is -1.98. The van der Waals surface area contributed by atoms with Crippen LogP contribution in [0.1, 0.15) is 25.7 Å². The fraction of sp³-hybridized carbons (Fsp3) is 0.500. The molecule has 0 radical (unpaired) electrons. The molecular weight excluding hydrogens is 191 g/mol. The Morgan fingerprint density at radius 1 is 1.36 bits per heavy atom. The van der Waals surface area contributed by atoms with Gasteiger partial charge < -0.3 is 14.6 Å². The number of carboxylic acid groups (broad SMARTS) is 1. The fourth-order valence-corrected chi connectivity index (χ4v) is 0.893. The van der Waals surface area contributed by atoms with Crippen molar-refractivity contribution in [2.75, 3.05) is 6.61 Å². The third kappa shape index (κ3) is 11.8. The van der Waals surface area contributed by atoms with Crippen molar-refractivity contribution in [1.29, 1.82) is 0 Å². The largest absolute Gasteiger partial charge is 1.00 e. The van der Waals surface area contributed by atoms with Crippen molar-refractivity contribution in [3.63, 3.8) is 0 Å². The van der Waals surface area contributed by atoms with Crippen molar-refractivity contribution < 1.29 is 44.2 Å². The number of hydrogen-bond acceptors (Lipinski definition) is 3. The van der Waals surface area contributed by atoms with Crippen LogP contribution < -0.4 is 34.7 Å². The zero-order valence-corrected chi connectivity index (χ0v) is 10.8. The first-order valence-corrected chi connectivity index (χ1v) is 4.26. The number of unbranched alkanes of at least 4 members (excludes halogenated alkanes) is 1. The molecule has 74 valence electrons. The van der Waals surface area contributed by atoms with Crippen LogP contribution in [-0.4, -0.2) is 12.6 Å². The number of carbonyl (C=O) groups excluding carboxylic acids is 1. The van der Waals surface area contributed by atoms with Crippen LogP contribution in [0.5, 0.6) is 0 Å². The molecule has 0 saturated heterocycles. The molecule has 0 aromatic rings. The second-order valence-corrected chi connectivity index (χ2v) is 2.81. The Morgan fingerprint density at radius 2 is 1.93 bits per heavy atom. The Bertz CT molecular complexity index is 190. The van der Waals surface area contributed by atoms with Gasteiger partial charge in [0.05, 0.1) is 6.26 Å². The van der Waals surface area contributed by atoms with Crippen LogP contribution >= 0.6 is 0 Å². The van der Waals surface area contributed by atoms with E-state index in [-0.39, 0.29) is 36.0 Å². The monoisotopic (exact) mass is 206 g/mol. The van der Waals surface area contributed by atoms with E-state index in [4.69, 9.17) is 4.74 Å². The third-order valence-electron chi connectivity index (χ3n) is 1.57. The molecule has 0 N–H and O–H groups in total. The van der Waals surface area contributed by atoms with Gasteiger partial charge in [-0.15, -0.1) is 0 Å². The third-order valence-corrected chi connectivity index (χ3v) is 1.57. The molecule has 0 aliphatic rings. The summed E-state index contributed by atoms with van der Waals surface area (Å²) in [6.45, 7) is 7.64. The van der Waals surface area contributed by atoms with E-state index in [0.717, 1.165) is 18.4 Å². The minimum atomic E-state index is -0.993. The van der Waals surface area contributed by atoms with Crippen molar-refractivity contribution in [1.82, 2.24) is 0 Å². The molecule has 0 unspecified atom stereocenters. The summed E-state index contributed by atoms with van der Waals surface area (Å²) in [5.41, 5.74) is 0.957. The average molecular weight is 206 g/mol. The minimum absolute atomic E-state index is 0. The zero-order valence-electron chi connectivity index (χ0n) is 8.75. The molecule has 0 fully saturated rings. The number of carboxylic acids is 1. The molecule has 3 nitrogen and oxygen atoms in total. The van der Waals surface area contributed by atoms with E-state index in [2.05, 4.69) is 13.2 Å². The quantitative estimate of drug-likeness (QED) is 0.200. The van der Waals surface area contributed by atoms with Crippen LogP contribution in [0.4, 0.5) is 0 Å². The number of hydrogen-bond donors (Lipinski definition) is 0. The van der Waals surface area contributed by atoms with Crippen molar-refractivity contribution in [3.8, 4) is 0 Å². The molecule has 0 saturated carbocycles. The second-order valence-electron chi connectivity index (χ2n) is 2.81. The zero-order chi connectivity index (χ0) is 10.1. The van der Waals surface area contributed by atoms with E-state index in [0.29, 0.717) is 13.0 Å². The second kappa shape index (κ2) is 10.8. The number of carbonyl (C=O) groups is 1. The van der Waals surface area contributed by atoms with Gasteiger partial charge in [0, 0.05) is 5.97 Å². The molecule has 0 spiro atoms. The van der Waals surface area contributed by atoms with E-state index in [1.54, 1.807) is 0 Å². The fourth-order valence-electron chi connectivity index (χ4n) is 0.893. The molecule has 0 bridgehead atoms.